The molecule has 0 aliphatic rings. The van der Waals surface area contributed by atoms with E-state index in [9.17, 15) is 9.59 Å². The van der Waals surface area contributed by atoms with E-state index in [0.29, 0.717) is 5.95 Å². The molecule has 0 aliphatic carbocycles. The molecule has 1 unspecified atom stereocenters. The normalized spacial score (nSPS) is 11.8. The van der Waals surface area contributed by atoms with Crippen LogP contribution in [0.3, 0.4) is 0 Å². The predicted octanol–water partition coefficient (Wildman–Crippen LogP) is 1.40. The molecule has 1 aromatic heterocycles. The molecule has 2 rings (SSSR count). The second kappa shape index (κ2) is 6.51. The first-order valence-electron chi connectivity index (χ1n) is 6.27. The lowest BCUT2D eigenvalue weighted by Gasteiger charge is -2.15. The van der Waals surface area contributed by atoms with Gasteiger partial charge in [0, 0.05) is 31.2 Å². The summed E-state index contributed by atoms with van der Waals surface area (Å²) in [6, 6.07) is 9.39. The van der Waals surface area contributed by atoms with Crippen molar-refractivity contribution in [1.82, 2.24) is 9.97 Å². The maximum Gasteiger partial charge on any atom is 0.227 e. The summed E-state index contributed by atoms with van der Waals surface area (Å²) in [6.45, 7) is 0. The molecule has 20 heavy (non-hydrogen) atoms. The highest BCUT2D eigenvalue weighted by Crippen LogP contribution is 2.23. The van der Waals surface area contributed by atoms with E-state index < -0.39 is 5.91 Å². The Morgan fingerprint density at radius 2 is 2.00 bits per heavy atom. The standard InChI is InChI=1S/C14H16N4O2/c15-12(19)8-11(10-4-2-1-3-5-10)9-13(20)18-14-16-6-7-17-14/h1-7,11H,8-9H2,(H2,15,19)(H2,16,17,18,20). The smallest absolute Gasteiger partial charge is 0.227 e. The zero-order valence-electron chi connectivity index (χ0n) is 10.9. The molecule has 0 spiro atoms. The molecular weight excluding hydrogens is 256 g/mol. The van der Waals surface area contributed by atoms with E-state index >= 15 is 0 Å². The predicted molar refractivity (Wildman–Crippen MR) is 74.8 cm³/mol. The maximum atomic E-state index is 12.0. The Hall–Kier alpha value is -2.63. The number of aromatic nitrogens is 2. The quantitative estimate of drug-likeness (QED) is 0.740. The number of anilines is 1. The van der Waals surface area contributed by atoms with Crippen LogP contribution in [0, 0.1) is 0 Å². The van der Waals surface area contributed by atoms with Gasteiger partial charge in [-0.3, -0.25) is 14.9 Å². The van der Waals surface area contributed by atoms with Crippen LogP contribution in [-0.2, 0) is 9.59 Å². The average molecular weight is 272 g/mol. The molecule has 6 nitrogen and oxygen atoms in total. The average Bonchev–Trinajstić information content (AvgIpc) is 2.91. The Bertz CT molecular complexity index is 566. The minimum absolute atomic E-state index is 0.135. The number of nitrogens with zero attached hydrogens (tertiary/aromatic N) is 1. The molecule has 0 fully saturated rings. The Morgan fingerprint density at radius 1 is 1.25 bits per heavy atom. The number of carbonyl (C=O) groups is 2. The zero-order chi connectivity index (χ0) is 14.4. The Labute approximate surface area is 116 Å². The molecule has 0 saturated carbocycles. The first-order valence-corrected chi connectivity index (χ1v) is 6.27. The summed E-state index contributed by atoms with van der Waals surface area (Å²) >= 11 is 0. The summed E-state index contributed by atoms with van der Waals surface area (Å²) < 4.78 is 0. The van der Waals surface area contributed by atoms with Crippen molar-refractivity contribution in [1.29, 1.82) is 0 Å². The maximum absolute atomic E-state index is 12.0. The highest BCUT2D eigenvalue weighted by molar-refractivity contribution is 5.90. The number of hydrogen-bond acceptors (Lipinski definition) is 3. The van der Waals surface area contributed by atoms with Crippen LogP contribution in [0.1, 0.15) is 24.3 Å². The largest absolute Gasteiger partial charge is 0.370 e. The molecule has 2 amide bonds. The number of H-pyrrole nitrogens is 1. The van der Waals surface area contributed by atoms with E-state index in [1.807, 2.05) is 30.3 Å². The lowest BCUT2D eigenvalue weighted by Crippen LogP contribution is -2.21. The van der Waals surface area contributed by atoms with E-state index in [1.165, 1.54) is 0 Å². The van der Waals surface area contributed by atoms with Crippen LogP contribution in [0.25, 0.3) is 0 Å². The van der Waals surface area contributed by atoms with Gasteiger partial charge in [0.1, 0.15) is 0 Å². The summed E-state index contributed by atoms with van der Waals surface area (Å²) in [5.41, 5.74) is 6.17. The van der Waals surface area contributed by atoms with Crippen molar-refractivity contribution in [3.63, 3.8) is 0 Å². The minimum atomic E-state index is -0.426. The van der Waals surface area contributed by atoms with Gasteiger partial charge in [0.05, 0.1) is 0 Å². The number of carbonyl (C=O) groups excluding carboxylic acids is 2. The molecule has 104 valence electrons. The molecule has 2 aromatic rings. The van der Waals surface area contributed by atoms with E-state index in [-0.39, 0.29) is 24.7 Å². The number of primary amides is 1. The van der Waals surface area contributed by atoms with Crippen LogP contribution in [0.4, 0.5) is 5.95 Å². The van der Waals surface area contributed by atoms with Gasteiger partial charge < -0.3 is 10.7 Å². The number of aromatic amines is 1. The third-order valence-electron chi connectivity index (χ3n) is 2.91. The second-order valence-corrected chi connectivity index (χ2v) is 4.47. The monoisotopic (exact) mass is 272 g/mol. The molecule has 0 aliphatic heterocycles. The lowest BCUT2D eigenvalue weighted by atomic mass is 9.92. The second-order valence-electron chi connectivity index (χ2n) is 4.47. The summed E-state index contributed by atoms with van der Waals surface area (Å²) in [6.07, 6.45) is 3.48. The fourth-order valence-corrected chi connectivity index (χ4v) is 2.02. The Kier molecular flexibility index (Phi) is 4.49. The van der Waals surface area contributed by atoms with Gasteiger partial charge in [-0.2, -0.15) is 0 Å². The van der Waals surface area contributed by atoms with Crippen molar-refractivity contribution in [2.24, 2.45) is 5.73 Å². The van der Waals surface area contributed by atoms with Gasteiger partial charge in [0.15, 0.2) is 0 Å². The summed E-state index contributed by atoms with van der Waals surface area (Å²) in [4.78, 5) is 29.8. The van der Waals surface area contributed by atoms with E-state index in [4.69, 9.17) is 5.73 Å². The number of rotatable bonds is 6. The first kappa shape index (κ1) is 13.8. The van der Waals surface area contributed by atoms with Crippen molar-refractivity contribution in [2.75, 3.05) is 5.32 Å². The van der Waals surface area contributed by atoms with Gasteiger partial charge in [-0.05, 0) is 5.56 Å². The van der Waals surface area contributed by atoms with Crippen LogP contribution in [0.5, 0.6) is 0 Å². The van der Waals surface area contributed by atoms with Crippen LogP contribution in [0.15, 0.2) is 42.7 Å². The van der Waals surface area contributed by atoms with Crippen molar-refractivity contribution in [3.05, 3.63) is 48.3 Å². The molecule has 1 heterocycles. The summed E-state index contributed by atoms with van der Waals surface area (Å²) in [5, 5.41) is 2.64. The van der Waals surface area contributed by atoms with Gasteiger partial charge in [-0.15, -0.1) is 0 Å². The van der Waals surface area contributed by atoms with Crippen LogP contribution in [0.2, 0.25) is 0 Å². The van der Waals surface area contributed by atoms with Gasteiger partial charge >= 0.3 is 0 Å². The SMILES string of the molecule is NC(=O)CC(CC(=O)Nc1ncc[nH]1)c1ccccc1. The Balaban J connectivity index is 2.04. The fraction of sp³-hybridized carbons (Fsp3) is 0.214. The third-order valence-corrected chi connectivity index (χ3v) is 2.91. The van der Waals surface area contributed by atoms with Gasteiger partial charge in [-0.25, -0.2) is 4.98 Å². The highest BCUT2D eigenvalue weighted by atomic mass is 16.2. The van der Waals surface area contributed by atoms with Crippen LogP contribution < -0.4 is 11.1 Å². The fourth-order valence-electron chi connectivity index (χ4n) is 2.02. The molecule has 1 aromatic carbocycles. The Morgan fingerprint density at radius 3 is 2.60 bits per heavy atom. The van der Waals surface area contributed by atoms with Crippen molar-refractivity contribution >= 4 is 17.8 Å². The number of nitrogens with one attached hydrogen (secondary N) is 2. The van der Waals surface area contributed by atoms with E-state index in [0.717, 1.165) is 5.56 Å². The molecule has 0 radical (unpaired) electrons. The topological polar surface area (TPSA) is 101 Å². The number of amides is 2. The van der Waals surface area contributed by atoms with E-state index in [2.05, 4.69) is 15.3 Å². The number of nitrogens with two attached hydrogens (primary N) is 1. The van der Waals surface area contributed by atoms with Crippen molar-refractivity contribution in [2.45, 2.75) is 18.8 Å². The third kappa shape index (κ3) is 3.94. The lowest BCUT2D eigenvalue weighted by molar-refractivity contribution is -0.119. The molecular formula is C14H16N4O2. The molecule has 1 atom stereocenters. The van der Waals surface area contributed by atoms with Crippen LogP contribution >= 0.6 is 0 Å². The van der Waals surface area contributed by atoms with Crippen LogP contribution in [-0.4, -0.2) is 21.8 Å². The highest BCUT2D eigenvalue weighted by Gasteiger charge is 2.18. The molecule has 6 heteroatoms. The van der Waals surface area contributed by atoms with E-state index in [1.54, 1.807) is 12.4 Å². The van der Waals surface area contributed by atoms with Gasteiger partial charge in [0.2, 0.25) is 17.8 Å². The van der Waals surface area contributed by atoms with Crippen molar-refractivity contribution < 1.29 is 9.59 Å². The molecule has 4 N–H and O–H groups in total. The number of imidazole rings is 1. The first-order chi connectivity index (χ1) is 9.65. The number of hydrogen-bond donors (Lipinski definition) is 3. The minimum Gasteiger partial charge on any atom is -0.370 e. The van der Waals surface area contributed by atoms with Gasteiger partial charge in [0.25, 0.3) is 0 Å². The summed E-state index contributed by atoms with van der Waals surface area (Å²) in [5.74, 6) is -0.482. The van der Waals surface area contributed by atoms with Gasteiger partial charge in [-0.1, -0.05) is 30.3 Å². The number of benzene rings is 1. The molecule has 0 bridgehead atoms. The van der Waals surface area contributed by atoms with Crippen molar-refractivity contribution in [3.8, 4) is 0 Å². The zero-order valence-corrected chi connectivity index (χ0v) is 10.9. The summed E-state index contributed by atoms with van der Waals surface area (Å²) in [7, 11) is 0. The molecule has 0 saturated heterocycles.